The van der Waals surface area contributed by atoms with Crippen LogP contribution in [-0.2, 0) is 33.7 Å². The number of carbonyl (C=O) groups is 2. The van der Waals surface area contributed by atoms with Crippen molar-refractivity contribution >= 4 is 20.2 Å². The number of hydrogen-bond acceptors (Lipinski definition) is 13. The molecule has 62 heavy (non-hydrogen) atoms. The van der Waals surface area contributed by atoms with Gasteiger partial charge in [-0.3, -0.25) is 4.79 Å². The Balaban J connectivity index is 1.41. The van der Waals surface area contributed by atoms with Gasteiger partial charge in [-0.05, 0) is 87.2 Å². The standard InChI is InChI=1S/C46H63N4O11P/c1-31(2)49(32(3)4)62(53,57-27-11-25-47)58-28-12-26-48-45(52)60-40-29-41-43(59-33(5)51)44(42(30-40)50(41,6)7)61-46(34-13-19-37(54-8)20-14-34,35-15-21-38(55-9)22-16-35)36-17-23-39(56-10)24-18-36/h13-24,31-32,40-44H,11-12,26-30H2,1-10H3/p+1/t40?,41-,42+,43-,44+,62?/m0/s1. The van der Waals surface area contributed by atoms with Gasteiger partial charge in [-0.2, -0.15) is 14.3 Å². The summed E-state index contributed by atoms with van der Waals surface area (Å²) in [6, 6.07) is 24.3. The first-order chi connectivity index (χ1) is 29.5. The number of methoxy groups -OCH3 is 3. The number of quaternary nitrogens is 1. The number of likely N-dealkylation sites (N-methyl/N-ethyl adjacent to an activating group) is 1. The number of nitrogens with one attached hydrogen (secondary N) is 1. The van der Waals surface area contributed by atoms with Crippen molar-refractivity contribution in [1.29, 1.82) is 5.26 Å². The average molecular weight is 880 g/mol. The van der Waals surface area contributed by atoms with Crippen LogP contribution in [0.15, 0.2) is 72.8 Å². The quantitative estimate of drug-likeness (QED) is 0.0403. The van der Waals surface area contributed by atoms with Crippen molar-refractivity contribution in [3.8, 4) is 23.3 Å². The molecule has 3 aromatic rings. The van der Waals surface area contributed by atoms with Gasteiger partial charge in [0.15, 0.2) is 12.2 Å². The predicted molar refractivity (Wildman–Crippen MR) is 232 cm³/mol. The van der Waals surface area contributed by atoms with E-state index in [1.165, 1.54) is 6.92 Å². The number of rotatable bonds is 21. The molecule has 2 fully saturated rings. The summed E-state index contributed by atoms with van der Waals surface area (Å²) >= 11 is 0. The summed E-state index contributed by atoms with van der Waals surface area (Å²) in [5.74, 6) is 1.59. The molecular weight excluding hydrogens is 815 g/mol. The van der Waals surface area contributed by atoms with Crippen LogP contribution in [0.5, 0.6) is 17.2 Å². The maximum atomic E-state index is 13.9. The van der Waals surface area contributed by atoms with Gasteiger partial charge in [-0.25, -0.2) is 4.79 Å². The Kier molecular flexibility index (Phi) is 16.6. The first-order valence-corrected chi connectivity index (χ1v) is 22.6. The number of esters is 1. The van der Waals surface area contributed by atoms with E-state index in [4.69, 9.17) is 42.7 Å². The van der Waals surface area contributed by atoms with Crippen molar-refractivity contribution in [3.63, 3.8) is 0 Å². The van der Waals surface area contributed by atoms with Crippen molar-refractivity contribution in [1.82, 2.24) is 9.99 Å². The summed E-state index contributed by atoms with van der Waals surface area (Å²) in [5.41, 5.74) is 1.19. The van der Waals surface area contributed by atoms with Crippen LogP contribution in [-0.4, -0.2) is 119 Å². The minimum atomic E-state index is -3.72. The highest BCUT2D eigenvalue weighted by Gasteiger charge is 2.65. The van der Waals surface area contributed by atoms with Crippen LogP contribution >= 0.6 is 8.09 Å². The first kappa shape index (κ1) is 48.5. The molecule has 1 N–H and O–H groups in total. The summed E-state index contributed by atoms with van der Waals surface area (Å²) < 4.78 is 50.3. The van der Waals surface area contributed by atoms with Crippen LogP contribution in [0.3, 0.4) is 0 Å². The number of ether oxygens (including phenoxy) is 6. The molecule has 5 rings (SSSR count). The topological polar surface area (TPSA) is 170 Å². The maximum absolute atomic E-state index is 13.9. The monoisotopic (exact) mass is 879 g/mol. The van der Waals surface area contributed by atoms with Gasteiger partial charge >= 0.3 is 20.2 Å². The summed E-state index contributed by atoms with van der Waals surface area (Å²) in [6.45, 7) is 9.22. The fraction of sp³-hybridized carbons (Fsp3) is 0.543. The fourth-order valence-corrected chi connectivity index (χ4v) is 11.2. The van der Waals surface area contributed by atoms with E-state index in [1.807, 2.05) is 107 Å². The Hall–Kier alpha value is -4.52. The third kappa shape index (κ3) is 10.8. The Morgan fingerprint density at radius 2 is 1.24 bits per heavy atom. The third-order valence-corrected chi connectivity index (χ3v) is 14.3. The highest BCUT2D eigenvalue weighted by molar-refractivity contribution is 7.56. The maximum Gasteiger partial charge on any atom is 0.407 e. The average Bonchev–Trinajstić information content (AvgIpc) is 3.31. The molecule has 338 valence electrons. The van der Waals surface area contributed by atoms with Crippen molar-refractivity contribution in [2.24, 2.45) is 0 Å². The van der Waals surface area contributed by atoms with Crippen LogP contribution < -0.4 is 24.4 Å². The van der Waals surface area contributed by atoms with E-state index in [1.54, 1.807) is 26.0 Å². The first-order valence-electron chi connectivity index (χ1n) is 21.2. The lowest BCUT2D eigenvalue weighted by molar-refractivity contribution is -0.934. The highest BCUT2D eigenvalue weighted by Crippen LogP contribution is 2.58. The van der Waals surface area contributed by atoms with Gasteiger partial charge < -0.3 is 43.1 Å². The third-order valence-electron chi connectivity index (χ3n) is 11.8. The van der Waals surface area contributed by atoms with E-state index < -0.39 is 44.1 Å². The molecule has 2 heterocycles. The van der Waals surface area contributed by atoms with Gasteiger partial charge in [-0.1, -0.05) is 36.4 Å². The number of amides is 1. The molecule has 0 radical (unpaired) electrons. The minimum Gasteiger partial charge on any atom is -0.616 e. The normalized spacial score (nSPS) is 21.5. The van der Waals surface area contributed by atoms with E-state index in [9.17, 15) is 14.5 Å². The second kappa shape index (κ2) is 21.2. The molecule has 2 saturated heterocycles. The predicted octanol–water partition coefficient (Wildman–Crippen LogP) is 6.53. The summed E-state index contributed by atoms with van der Waals surface area (Å²) in [7, 11) is 5.33. The van der Waals surface area contributed by atoms with E-state index in [2.05, 4.69) is 19.4 Å². The molecule has 1 amide bonds. The molecule has 0 saturated carbocycles. The molecule has 2 aliphatic rings. The molecule has 0 spiro atoms. The lowest BCUT2D eigenvalue weighted by Crippen LogP contribution is -2.59. The number of alkyl carbamates (subject to hydrolysis) is 1. The van der Waals surface area contributed by atoms with Gasteiger partial charge in [0.1, 0.15) is 47.6 Å². The fourth-order valence-electron chi connectivity index (χ4n) is 9.03. The van der Waals surface area contributed by atoms with E-state index in [0.717, 1.165) is 16.7 Å². The second-order valence-corrected chi connectivity index (χ2v) is 18.6. The SMILES string of the molecule is COc1ccc(C(O[C@H]2[C@@H](OC(C)=O)[C@@H]3CC(OC(=O)NCCCO[P+]([O-])(OCCC#N)N(C(C)C)C(C)C)C[C@H]2[N+]3(C)C)(c2ccc(OC)cc2)c2ccc(OC)cc2)cc1. The van der Waals surface area contributed by atoms with Crippen molar-refractivity contribution in [3.05, 3.63) is 89.5 Å². The van der Waals surface area contributed by atoms with Crippen molar-refractivity contribution in [2.75, 3.05) is 55.2 Å². The minimum absolute atomic E-state index is 0.0250. The molecule has 16 heteroatoms. The van der Waals surface area contributed by atoms with Gasteiger partial charge in [0.25, 0.3) is 0 Å². The highest BCUT2D eigenvalue weighted by atomic mass is 31.2. The molecule has 2 aliphatic heterocycles. The van der Waals surface area contributed by atoms with Crippen LogP contribution in [0.4, 0.5) is 4.79 Å². The Labute approximate surface area is 367 Å². The molecule has 0 aliphatic carbocycles. The zero-order valence-corrected chi connectivity index (χ0v) is 38.6. The molecule has 2 unspecified atom stereocenters. The van der Waals surface area contributed by atoms with Gasteiger partial charge in [0, 0.05) is 38.4 Å². The summed E-state index contributed by atoms with van der Waals surface area (Å²) in [6.07, 6.45) is -1.23. The van der Waals surface area contributed by atoms with Crippen LogP contribution in [0.25, 0.3) is 0 Å². The number of carbonyl (C=O) groups excluding carboxylic acids is 2. The zero-order valence-electron chi connectivity index (χ0n) is 37.7. The lowest BCUT2D eigenvalue weighted by Gasteiger charge is -2.45. The Morgan fingerprint density at radius 3 is 1.66 bits per heavy atom. The summed E-state index contributed by atoms with van der Waals surface area (Å²) in [4.78, 5) is 40.2. The largest absolute Gasteiger partial charge is 0.616 e. The number of fused-ring (bicyclic) bond motifs is 2. The smallest absolute Gasteiger partial charge is 0.407 e. The number of nitriles is 1. The van der Waals surface area contributed by atoms with Gasteiger partial charge in [0.2, 0.25) is 0 Å². The zero-order chi connectivity index (χ0) is 45.2. The van der Waals surface area contributed by atoms with Crippen LogP contribution in [0.1, 0.15) is 77.0 Å². The van der Waals surface area contributed by atoms with Crippen LogP contribution in [0.2, 0.25) is 0 Å². The van der Waals surface area contributed by atoms with Crippen LogP contribution in [0, 0.1) is 11.3 Å². The number of hydrogen-bond donors (Lipinski definition) is 1. The van der Waals surface area contributed by atoms with E-state index in [-0.39, 0.29) is 50.3 Å². The van der Waals surface area contributed by atoms with Crippen molar-refractivity contribution < 1.29 is 56.4 Å². The molecule has 0 aromatic heterocycles. The molecule has 2 bridgehead atoms. The summed E-state index contributed by atoms with van der Waals surface area (Å²) in [5, 5.41) is 11.8. The number of benzene rings is 3. The van der Waals surface area contributed by atoms with Gasteiger partial charge in [-0.15, -0.1) is 4.67 Å². The number of piperidine rings is 1. The lowest BCUT2D eigenvalue weighted by atomic mass is 9.79. The molecular formula is C46H64N4O11P+. The van der Waals surface area contributed by atoms with E-state index in [0.29, 0.717) is 41.0 Å². The van der Waals surface area contributed by atoms with E-state index >= 15 is 0 Å². The molecule has 6 atom stereocenters. The Morgan fingerprint density at radius 1 is 0.790 bits per heavy atom. The second-order valence-electron chi connectivity index (χ2n) is 16.7. The molecule has 15 nitrogen and oxygen atoms in total. The molecule has 3 aromatic carbocycles. The Bertz CT molecular complexity index is 1840. The number of nitrogens with zero attached hydrogens (tertiary/aromatic N) is 3. The van der Waals surface area contributed by atoms with Crippen molar-refractivity contribution in [2.45, 2.75) is 108 Å². The van der Waals surface area contributed by atoms with Gasteiger partial charge in [0.05, 0.1) is 54.5 Å².